The van der Waals surface area contributed by atoms with Gasteiger partial charge in [-0.25, -0.2) is 0 Å². The number of hydrogen-bond acceptors (Lipinski definition) is 2. The number of nitrogens with zero attached hydrogens (tertiary/aromatic N) is 2. The Kier molecular flexibility index (Phi) is 4.09. The van der Waals surface area contributed by atoms with Crippen LogP contribution in [0.25, 0.3) is 0 Å². The summed E-state index contributed by atoms with van der Waals surface area (Å²) in [5.41, 5.74) is 3.59. The summed E-state index contributed by atoms with van der Waals surface area (Å²) in [6, 6.07) is 22.6. The molecule has 0 saturated carbocycles. The van der Waals surface area contributed by atoms with E-state index in [0.29, 0.717) is 0 Å². The molecule has 25 heavy (non-hydrogen) atoms. The first kappa shape index (κ1) is 15.6. The van der Waals surface area contributed by atoms with Gasteiger partial charge in [0.2, 0.25) is 0 Å². The van der Waals surface area contributed by atoms with E-state index in [9.17, 15) is 10.2 Å². The first-order chi connectivity index (χ1) is 12.2. The summed E-state index contributed by atoms with van der Waals surface area (Å²) in [6.45, 7) is 0. The molecular formula is C20H16CoN2O2+2. The average molecular weight is 375 g/mol. The molecule has 0 fully saturated rings. The zero-order valence-corrected chi connectivity index (χ0v) is 14.2. The van der Waals surface area contributed by atoms with Crippen molar-refractivity contribution in [3.63, 3.8) is 0 Å². The van der Waals surface area contributed by atoms with Gasteiger partial charge < -0.3 is 0 Å². The summed E-state index contributed by atoms with van der Waals surface area (Å²) in [6.07, 6.45) is 3.85. The zero-order valence-electron chi connectivity index (χ0n) is 13.2. The molecule has 2 N–H and O–H groups in total. The SMILES string of the molecule is Oc1ccccc1C=[N+]1[Co][N+](=Cc2ccccc2O)c2ccccc21. The fourth-order valence-corrected chi connectivity index (χ4v) is 3.83. The van der Waals surface area contributed by atoms with Crippen molar-refractivity contribution in [1.82, 2.24) is 0 Å². The minimum absolute atomic E-state index is 0.248. The number of aromatic hydroxyl groups is 2. The molecule has 1 aliphatic rings. The van der Waals surface area contributed by atoms with E-state index in [1.165, 1.54) is 0 Å². The van der Waals surface area contributed by atoms with Crippen LogP contribution in [-0.4, -0.2) is 29.9 Å². The molecule has 0 saturated heterocycles. The molecule has 4 rings (SSSR count). The Bertz CT molecular complexity index is 931. The fourth-order valence-electron chi connectivity index (χ4n) is 2.56. The normalized spacial score (nSPS) is 16.6. The molecule has 0 spiro atoms. The van der Waals surface area contributed by atoms with Crippen molar-refractivity contribution in [1.29, 1.82) is 0 Å². The van der Waals surface area contributed by atoms with Crippen LogP contribution in [0, 0.1) is 0 Å². The van der Waals surface area contributed by atoms with Crippen LogP contribution in [0.5, 0.6) is 11.5 Å². The third-order valence-corrected chi connectivity index (χ3v) is 5.05. The second-order valence-corrected chi connectivity index (χ2v) is 6.72. The van der Waals surface area contributed by atoms with Crippen molar-refractivity contribution in [2.75, 3.05) is 0 Å². The molecule has 0 atom stereocenters. The Hall–Kier alpha value is -2.89. The van der Waals surface area contributed by atoms with Gasteiger partial charge >= 0.3 is 152 Å². The Balaban J connectivity index is 1.81. The number of benzene rings is 3. The van der Waals surface area contributed by atoms with Crippen molar-refractivity contribution in [2.45, 2.75) is 0 Å². The van der Waals surface area contributed by atoms with Crippen LogP contribution in [0.3, 0.4) is 0 Å². The first-order valence-corrected chi connectivity index (χ1v) is 8.70. The fraction of sp³-hybridized carbons (Fsp3) is 0. The third-order valence-electron chi connectivity index (χ3n) is 3.83. The monoisotopic (exact) mass is 375 g/mol. The molecule has 0 amide bonds. The van der Waals surface area contributed by atoms with E-state index in [2.05, 4.69) is 7.25 Å². The molecule has 3 aromatic carbocycles. The molecule has 0 unspecified atom stereocenters. The number of hydrogen-bond donors (Lipinski definition) is 2. The predicted octanol–water partition coefficient (Wildman–Crippen LogP) is 3.55. The van der Waals surface area contributed by atoms with Crippen molar-refractivity contribution in [3.05, 3.63) is 83.9 Å². The van der Waals surface area contributed by atoms with Crippen LogP contribution in [0.4, 0.5) is 11.4 Å². The summed E-state index contributed by atoms with van der Waals surface area (Å²) in [7, 11) is 0. The first-order valence-electron chi connectivity index (χ1n) is 7.77. The quantitative estimate of drug-likeness (QED) is 0.720. The van der Waals surface area contributed by atoms with Crippen molar-refractivity contribution < 1.29 is 32.6 Å². The molecule has 125 valence electrons. The van der Waals surface area contributed by atoms with Gasteiger partial charge in [0.25, 0.3) is 0 Å². The number of phenols is 2. The van der Waals surface area contributed by atoms with Crippen molar-refractivity contribution in [2.24, 2.45) is 0 Å². The van der Waals surface area contributed by atoms with Crippen LogP contribution in [0.15, 0.2) is 72.8 Å². The Morgan fingerprint density at radius 2 is 1.00 bits per heavy atom. The van der Waals surface area contributed by atoms with Gasteiger partial charge in [-0.1, -0.05) is 0 Å². The van der Waals surface area contributed by atoms with Crippen molar-refractivity contribution in [3.8, 4) is 11.5 Å². The zero-order chi connectivity index (χ0) is 17.2. The van der Waals surface area contributed by atoms with E-state index in [0.717, 1.165) is 37.6 Å². The molecule has 0 aromatic heterocycles. The van der Waals surface area contributed by atoms with E-state index in [-0.39, 0.29) is 11.5 Å². The molecule has 1 aliphatic heterocycles. The number of rotatable bonds is 2. The van der Waals surface area contributed by atoms with Gasteiger partial charge in [0.15, 0.2) is 0 Å². The summed E-state index contributed by atoms with van der Waals surface area (Å²) in [5.74, 6) is 0.496. The molecule has 3 aromatic rings. The van der Waals surface area contributed by atoms with Gasteiger partial charge in [0, 0.05) is 0 Å². The molecule has 4 nitrogen and oxygen atoms in total. The Morgan fingerprint density at radius 3 is 1.44 bits per heavy atom. The van der Waals surface area contributed by atoms with Crippen LogP contribution >= 0.6 is 0 Å². The topological polar surface area (TPSA) is 46.5 Å². The van der Waals surface area contributed by atoms with E-state index in [1.807, 2.05) is 61.0 Å². The molecule has 5 heteroatoms. The summed E-state index contributed by atoms with van der Waals surface area (Å²) in [5, 5.41) is 20.1. The van der Waals surface area contributed by atoms with Gasteiger partial charge in [-0.3, -0.25) is 0 Å². The standard InChI is InChI=1S/C20H16N2O2.Co/c23-19-11-5-1-7-15(19)13-21-17-9-3-4-10-18(17)22-14-16-8-2-6-12-20(16)24;/h1-14,23-24H;/q;+2. The van der Waals surface area contributed by atoms with Crippen molar-refractivity contribution >= 4 is 23.8 Å². The summed E-state index contributed by atoms with van der Waals surface area (Å²) < 4.78 is 4.11. The molecule has 0 bridgehead atoms. The Morgan fingerprint density at radius 1 is 0.600 bits per heavy atom. The van der Waals surface area contributed by atoms with E-state index >= 15 is 0 Å². The van der Waals surface area contributed by atoms with Crippen LogP contribution in [0.1, 0.15) is 11.1 Å². The number of phenolic OH excluding ortho intramolecular Hbond substituents is 2. The van der Waals surface area contributed by atoms with Gasteiger partial charge in [0.05, 0.1) is 0 Å². The molecular weight excluding hydrogens is 359 g/mol. The van der Waals surface area contributed by atoms with Gasteiger partial charge in [-0.15, -0.1) is 0 Å². The van der Waals surface area contributed by atoms with Gasteiger partial charge in [-0.2, -0.15) is 0 Å². The van der Waals surface area contributed by atoms with Gasteiger partial charge in [-0.05, 0) is 0 Å². The molecule has 0 radical (unpaired) electrons. The van der Waals surface area contributed by atoms with Crippen LogP contribution in [0.2, 0.25) is 0 Å². The average Bonchev–Trinajstić information content (AvgIpc) is 2.97. The summed E-state index contributed by atoms with van der Waals surface area (Å²) in [4.78, 5) is 0. The van der Waals surface area contributed by atoms with E-state index < -0.39 is 0 Å². The van der Waals surface area contributed by atoms with Gasteiger partial charge in [0.1, 0.15) is 0 Å². The van der Waals surface area contributed by atoms with Crippen LogP contribution in [-0.2, 0) is 15.1 Å². The molecule has 0 aliphatic carbocycles. The van der Waals surface area contributed by atoms with E-state index in [4.69, 9.17) is 0 Å². The maximum absolute atomic E-state index is 10.0. The molecule has 1 heterocycles. The third kappa shape index (κ3) is 3.07. The Labute approximate surface area is 152 Å². The van der Waals surface area contributed by atoms with E-state index in [1.54, 1.807) is 24.3 Å². The predicted molar refractivity (Wildman–Crippen MR) is 92.8 cm³/mol. The van der Waals surface area contributed by atoms with Crippen LogP contribution < -0.4 is 0 Å². The number of para-hydroxylation sites is 4. The second kappa shape index (κ2) is 6.55. The second-order valence-electron chi connectivity index (χ2n) is 5.51. The number of fused-ring (bicyclic) bond motifs is 1. The summed E-state index contributed by atoms with van der Waals surface area (Å²) >= 11 is 0.929. The minimum atomic E-state index is 0.248. The maximum atomic E-state index is 10.0.